The molecule has 5 heteroatoms. The molecule has 0 aliphatic carbocycles. The average molecular weight is 291 g/mol. The SMILES string of the molecule is CC[C@@H](C)NC(=S)Nc1ccc(N2CCCC2=O)cc1. The number of benzene rings is 1. The highest BCUT2D eigenvalue weighted by Gasteiger charge is 2.21. The highest BCUT2D eigenvalue weighted by molar-refractivity contribution is 7.80. The minimum absolute atomic E-state index is 0.208. The van der Waals surface area contributed by atoms with Gasteiger partial charge in [-0.1, -0.05) is 6.92 Å². The number of carbonyl (C=O) groups excluding carboxylic acids is 1. The van der Waals surface area contributed by atoms with Crippen LogP contribution in [0.4, 0.5) is 11.4 Å². The van der Waals surface area contributed by atoms with Gasteiger partial charge < -0.3 is 15.5 Å². The highest BCUT2D eigenvalue weighted by Crippen LogP contribution is 2.22. The first kappa shape index (κ1) is 14.8. The fourth-order valence-corrected chi connectivity index (χ4v) is 2.46. The van der Waals surface area contributed by atoms with Crippen LogP contribution in [0.3, 0.4) is 0 Å². The van der Waals surface area contributed by atoms with Crippen molar-refractivity contribution < 1.29 is 4.79 Å². The molecule has 1 amide bonds. The standard InChI is InChI=1S/C15H21N3OS/c1-3-11(2)16-15(20)17-12-6-8-13(9-7-12)18-10-4-5-14(18)19/h6-9,11H,3-5,10H2,1-2H3,(H2,16,17,20)/t11-/m1/s1. The Morgan fingerprint density at radius 1 is 1.40 bits per heavy atom. The predicted molar refractivity (Wildman–Crippen MR) is 87.1 cm³/mol. The van der Waals surface area contributed by atoms with Crippen LogP contribution in [-0.2, 0) is 4.79 Å². The number of anilines is 2. The molecule has 1 fully saturated rings. The monoisotopic (exact) mass is 291 g/mol. The number of nitrogens with zero attached hydrogens (tertiary/aromatic N) is 1. The van der Waals surface area contributed by atoms with Crippen LogP contribution in [0.15, 0.2) is 24.3 Å². The van der Waals surface area contributed by atoms with Crippen LogP contribution in [0.2, 0.25) is 0 Å². The number of nitrogens with one attached hydrogen (secondary N) is 2. The zero-order valence-corrected chi connectivity index (χ0v) is 12.8. The van der Waals surface area contributed by atoms with Crippen LogP contribution in [0, 0.1) is 0 Å². The summed E-state index contributed by atoms with van der Waals surface area (Å²) in [6.45, 7) is 5.03. The normalized spacial score (nSPS) is 16.1. The van der Waals surface area contributed by atoms with Crippen molar-refractivity contribution in [3.05, 3.63) is 24.3 Å². The van der Waals surface area contributed by atoms with Crippen LogP contribution >= 0.6 is 12.2 Å². The largest absolute Gasteiger partial charge is 0.360 e. The molecule has 108 valence electrons. The van der Waals surface area contributed by atoms with Gasteiger partial charge in [0.2, 0.25) is 5.91 Å². The number of thiocarbonyl (C=S) groups is 1. The molecular formula is C15H21N3OS. The average Bonchev–Trinajstić information content (AvgIpc) is 2.85. The summed E-state index contributed by atoms with van der Waals surface area (Å²) >= 11 is 5.25. The van der Waals surface area contributed by atoms with E-state index in [1.807, 2.05) is 29.2 Å². The van der Waals surface area contributed by atoms with Crippen LogP contribution in [0.1, 0.15) is 33.1 Å². The van der Waals surface area contributed by atoms with Crippen molar-refractivity contribution >= 4 is 34.6 Å². The molecule has 1 aromatic rings. The van der Waals surface area contributed by atoms with Crippen molar-refractivity contribution in [2.45, 2.75) is 39.2 Å². The minimum atomic E-state index is 0.208. The van der Waals surface area contributed by atoms with Gasteiger partial charge >= 0.3 is 0 Å². The third-order valence-electron chi connectivity index (χ3n) is 3.50. The Hall–Kier alpha value is -1.62. The van der Waals surface area contributed by atoms with Crippen LogP contribution in [0.5, 0.6) is 0 Å². The van der Waals surface area contributed by atoms with Gasteiger partial charge in [-0.05, 0) is 56.2 Å². The van der Waals surface area contributed by atoms with E-state index in [1.165, 1.54) is 0 Å². The molecule has 0 bridgehead atoms. The van der Waals surface area contributed by atoms with E-state index in [9.17, 15) is 4.79 Å². The van der Waals surface area contributed by atoms with Gasteiger partial charge in [0.05, 0.1) is 0 Å². The van der Waals surface area contributed by atoms with E-state index in [0.29, 0.717) is 17.6 Å². The first-order chi connectivity index (χ1) is 9.60. The quantitative estimate of drug-likeness (QED) is 0.837. The first-order valence-corrected chi connectivity index (χ1v) is 7.49. The summed E-state index contributed by atoms with van der Waals surface area (Å²) in [5.74, 6) is 0.208. The molecule has 0 aromatic heterocycles. The maximum absolute atomic E-state index is 11.7. The Kier molecular flexibility index (Phi) is 4.95. The van der Waals surface area contributed by atoms with Gasteiger partial charge in [0.25, 0.3) is 0 Å². The van der Waals surface area contributed by atoms with E-state index in [2.05, 4.69) is 24.5 Å². The molecule has 4 nitrogen and oxygen atoms in total. The molecule has 0 radical (unpaired) electrons. The number of hydrogen-bond donors (Lipinski definition) is 2. The summed E-state index contributed by atoms with van der Waals surface area (Å²) in [6.07, 6.45) is 2.63. The van der Waals surface area contributed by atoms with E-state index in [1.54, 1.807) is 0 Å². The van der Waals surface area contributed by atoms with Crippen LogP contribution in [0.25, 0.3) is 0 Å². The number of amides is 1. The molecular weight excluding hydrogens is 270 g/mol. The van der Waals surface area contributed by atoms with E-state index in [0.717, 1.165) is 30.8 Å². The zero-order chi connectivity index (χ0) is 14.5. The maximum atomic E-state index is 11.7. The van der Waals surface area contributed by atoms with Crippen molar-refractivity contribution in [2.24, 2.45) is 0 Å². The third-order valence-corrected chi connectivity index (χ3v) is 3.72. The molecule has 1 saturated heterocycles. The van der Waals surface area contributed by atoms with Crippen LogP contribution in [-0.4, -0.2) is 23.6 Å². The summed E-state index contributed by atoms with van der Waals surface area (Å²) < 4.78 is 0. The maximum Gasteiger partial charge on any atom is 0.227 e. The second-order valence-corrected chi connectivity index (χ2v) is 5.51. The summed E-state index contributed by atoms with van der Waals surface area (Å²) in [7, 11) is 0. The van der Waals surface area contributed by atoms with Gasteiger partial charge in [0.15, 0.2) is 5.11 Å². The smallest absolute Gasteiger partial charge is 0.227 e. The fraction of sp³-hybridized carbons (Fsp3) is 0.467. The van der Waals surface area contributed by atoms with Gasteiger partial charge in [-0.3, -0.25) is 4.79 Å². The summed E-state index contributed by atoms with van der Waals surface area (Å²) in [6, 6.07) is 8.17. The second kappa shape index (κ2) is 6.70. The van der Waals surface area contributed by atoms with E-state index >= 15 is 0 Å². The van der Waals surface area contributed by atoms with E-state index < -0.39 is 0 Å². The van der Waals surface area contributed by atoms with Crippen molar-refractivity contribution in [1.29, 1.82) is 0 Å². The Morgan fingerprint density at radius 2 is 2.10 bits per heavy atom. The molecule has 0 saturated carbocycles. The molecule has 0 unspecified atom stereocenters. The lowest BCUT2D eigenvalue weighted by atomic mass is 10.2. The topological polar surface area (TPSA) is 44.4 Å². The molecule has 20 heavy (non-hydrogen) atoms. The fourth-order valence-electron chi connectivity index (χ4n) is 2.14. The highest BCUT2D eigenvalue weighted by atomic mass is 32.1. The molecule has 1 heterocycles. The number of rotatable bonds is 4. The molecule has 1 aliphatic rings. The summed E-state index contributed by atoms with van der Waals surface area (Å²) in [5.41, 5.74) is 1.89. The molecule has 1 aromatic carbocycles. The zero-order valence-electron chi connectivity index (χ0n) is 12.0. The molecule has 1 aliphatic heterocycles. The van der Waals surface area contributed by atoms with Gasteiger partial charge in [-0.15, -0.1) is 0 Å². The Morgan fingerprint density at radius 3 is 2.65 bits per heavy atom. The van der Waals surface area contributed by atoms with E-state index in [4.69, 9.17) is 12.2 Å². The van der Waals surface area contributed by atoms with Crippen molar-refractivity contribution in [3.63, 3.8) is 0 Å². The van der Waals surface area contributed by atoms with Crippen molar-refractivity contribution in [3.8, 4) is 0 Å². The third kappa shape index (κ3) is 3.70. The second-order valence-electron chi connectivity index (χ2n) is 5.10. The summed E-state index contributed by atoms with van der Waals surface area (Å²) in [5, 5.41) is 6.99. The van der Waals surface area contributed by atoms with Crippen LogP contribution < -0.4 is 15.5 Å². The molecule has 2 N–H and O–H groups in total. The summed E-state index contributed by atoms with van der Waals surface area (Å²) in [4.78, 5) is 13.5. The van der Waals surface area contributed by atoms with Gasteiger partial charge in [-0.25, -0.2) is 0 Å². The Bertz CT molecular complexity index is 486. The van der Waals surface area contributed by atoms with Gasteiger partial charge in [-0.2, -0.15) is 0 Å². The molecule has 2 rings (SSSR count). The number of hydrogen-bond acceptors (Lipinski definition) is 2. The molecule has 0 spiro atoms. The van der Waals surface area contributed by atoms with Crippen molar-refractivity contribution in [2.75, 3.05) is 16.8 Å². The van der Waals surface area contributed by atoms with Crippen molar-refractivity contribution in [1.82, 2.24) is 5.32 Å². The minimum Gasteiger partial charge on any atom is -0.360 e. The van der Waals surface area contributed by atoms with Gasteiger partial charge in [0.1, 0.15) is 0 Å². The lowest BCUT2D eigenvalue weighted by Crippen LogP contribution is -2.35. The lowest BCUT2D eigenvalue weighted by molar-refractivity contribution is -0.117. The Balaban J connectivity index is 1.94. The number of carbonyl (C=O) groups is 1. The Labute approximate surface area is 125 Å². The lowest BCUT2D eigenvalue weighted by Gasteiger charge is -2.17. The van der Waals surface area contributed by atoms with Gasteiger partial charge in [0, 0.05) is 30.4 Å². The first-order valence-electron chi connectivity index (χ1n) is 7.08. The molecule has 1 atom stereocenters. The predicted octanol–water partition coefficient (Wildman–Crippen LogP) is 2.90. The van der Waals surface area contributed by atoms with E-state index in [-0.39, 0.29) is 5.91 Å².